The van der Waals surface area contributed by atoms with Crippen LogP contribution in [0.15, 0.2) is 30.3 Å². The van der Waals surface area contributed by atoms with E-state index in [-0.39, 0.29) is 24.9 Å². The van der Waals surface area contributed by atoms with Crippen LogP contribution in [0.3, 0.4) is 0 Å². The second kappa shape index (κ2) is 19.8. The first-order valence-corrected chi connectivity index (χ1v) is 16.4. The van der Waals surface area contributed by atoms with Gasteiger partial charge in [0.05, 0.1) is 12.5 Å². The SMILES string of the molecule is CC(C)(C)OC(=O)CCCCCCCC[C@H](N)C(=O)N[C@@H](CC(=O)OC1CCCCC1)C(=O)N[C@@H](Cc1ccccc1)C(N)=O. The number of esters is 2. The fraction of sp³-hybridized carbons (Fsp3) is 0.676. The number of rotatable bonds is 19. The molecule has 1 aliphatic carbocycles. The van der Waals surface area contributed by atoms with Crippen LogP contribution in [-0.4, -0.2) is 59.5 Å². The maximum absolute atomic E-state index is 13.3. The summed E-state index contributed by atoms with van der Waals surface area (Å²) >= 11 is 0. The van der Waals surface area contributed by atoms with Crippen molar-refractivity contribution < 1.29 is 33.4 Å². The molecule has 3 atom stereocenters. The minimum atomic E-state index is -1.28. The zero-order chi connectivity index (χ0) is 33.2. The molecule has 252 valence electrons. The topological polar surface area (TPSA) is 180 Å². The van der Waals surface area contributed by atoms with Crippen molar-refractivity contribution >= 4 is 29.7 Å². The highest BCUT2D eigenvalue weighted by atomic mass is 16.6. The summed E-state index contributed by atoms with van der Waals surface area (Å²) in [6.07, 6.45) is 10.1. The number of hydrogen-bond donors (Lipinski definition) is 4. The van der Waals surface area contributed by atoms with E-state index in [0.717, 1.165) is 69.8 Å². The molecule has 0 aromatic heterocycles. The highest BCUT2D eigenvalue weighted by Gasteiger charge is 2.31. The summed E-state index contributed by atoms with van der Waals surface area (Å²) in [5.41, 5.74) is 12.1. The molecule has 1 aliphatic rings. The molecule has 2 rings (SSSR count). The van der Waals surface area contributed by atoms with Crippen molar-refractivity contribution in [1.82, 2.24) is 10.6 Å². The number of hydrogen-bond acceptors (Lipinski definition) is 8. The minimum absolute atomic E-state index is 0.162. The number of nitrogens with two attached hydrogens (primary N) is 2. The number of carbonyl (C=O) groups excluding carboxylic acids is 5. The molecule has 1 aromatic rings. The fourth-order valence-electron chi connectivity index (χ4n) is 5.28. The second-order valence-corrected chi connectivity index (χ2v) is 13.0. The Morgan fingerprint density at radius 3 is 2.04 bits per heavy atom. The molecule has 0 unspecified atom stereocenters. The lowest BCUT2D eigenvalue weighted by Crippen LogP contribution is -2.56. The predicted molar refractivity (Wildman–Crippen MR) is 172 cm³/mol. The van der Waals surface area contributed by atoms with E-state index in [2.05, 4.69) is 10.6 Å². The van der Waals surface area contributed by atoms with Crippen molar-refractivity contribution in [3.63, 3.8) is 0 Å². The first kappa shape index (κ1) is 37.7. The third kappa shape index (κ3) is 16.4. The lowest BCUT2D eigenvalue weighted by atomic mass is 9.98. The zero-order valence-corrected chi connectivity index (χ0v) is 27.3. The Morgan fingerprint density at radius 2 is 1.42 bits per heavy atom. The van der Waals surface area contributed by atoms with Gasteiger partial charge in [-0.05, 0) is 64.9 Å². The normalized spacial score (nSPS) is 15.7. The number of amides is 3. The lowest BCUT2D eigenvalue weighted by Gasteiger charge is -2.25. The Kier molecular flexibility index (Phi) is 16.6. The molecule has 1 aromatic carbocycles. The van der Waals surface area contributed by atoms with Crippen molar-refractivity contribution in [3.8, 4) is 0 Å². The molecular formula is C34H54N4O7. The van der Waals surface area contributed by atoms with Crippen LogP contribution in [0.4, 0.5) is 0 Å². The smallest absolute Gasteiger partial charge is 0.308 e. The van der Waals surface area contributed by atoms with Crippen molar-refractivity contribution in [1.29, 1.82) is 0 Å². The van der Waals surface area contributed by atoms with Crippen LogP contribution < -0.4 is 22.1 Å². The van der Waals surface area contributed by atoms with Gasteiger partial charge in [-0.1, -0.05) is 68.9 Å². The summed E-state index contributed by atoms with van der Waals surface area (Å²) in [6, 6.07) is 5.90. The molecule has 0 radical (unpaired) electrons. The molecule has 11 nitrogen and oxygen atoms in total. The van der Waals surface area contributed by atoms with E-state index in [1.165, 1.54) is 0 Å². The van der Waals surface area contributed by atoms with Crippen LogP contribution in [0.25, 0.3) is 0 Å². The van der Waals surface area contributed by atoms with Gasteiger partial charge >= 0.3 is 11.9 Å². The minimum Gasteiger partial charge on any atom is -0.462 e. The molecule has 11 heteroatoms. The molecule has 0 heterocycles. The lowest BCUT2D eigenvalue weighted by molar-refractivity contribution is -0.155. The standard InChI is InChI=1S/C34H54N4O7/c1-34(2,3)45-29(39)21-15-7-5-4-6-14-20-26(35)32(42)38-28(23-30(40)44-25-18-12-9-13-19-25)33(43)37-27(31(36)41)22-24-16-10-8-11-17-24/h8,10-11,16-17,25-28H,4-7,9,12-15,18-23,35H2,1-3H3,(H2,36,41)(H,37,43)(H,38,42)/t26-,27-,28-/m0/s1. The van der Waals surface area contributed by atoms with Gasteiger partial charge < -0.3 is 31.6 Å². The van der Waals surface area contributed by atoms with Crippen molar-refractivity contribution in [2.45, 2.75) is 147 Å². The van der Waals surface area contributed by atoms with Gasteiger partial charge in [-0.25, -0.2) is 0 Å². The molecule has 45 heavy (non-hydrogen) atoms. The molecule has 1 saturated carbocycles. The van der Waals surface area contributed by atoms with E-state index < -0.39 is 47.4 Å². The van der Waals surface area contributed by atoms with Gasteiger partial charge in [-0.15, -0.1) is 0 Å². The van der Waals surface area contributed by atoms with Gasteiger partial charge in [-0.2, -0.15) is 0 Å². The van der Waals surface area contributed by atoms with Gasteiger partial charge in [0, 0.05) is 12.8 Å². The van der Waals surface area contributed by atoms with E-state index >= 15 is 0 Å². The molecule has 0 bridgehead atoms. The first-order valence-electron chi connectivity index (χ1n) is 16.4. The number of unbranched alkanes of at least 4 members (excludes halogenated alkanes) is 5. The number of ether oxygens (including phenoxy) is 2. The van der Waals surface area contributed by atoms with Crippen molar-refractivity contribution in [2.75, 3.05) is 0 Å². The van der Waals surface area contributed by atoms with Crippen molar-refractivity contribution in [2.24, 2.45) is 11.5 Å². The Hall–Kier alpha value is -3.47. The Bertz CT molecular complexity index is 1080. The number of benzene rings is 1. The van der Waals surface area contributed by atoms with Crippen molar-refractivity contribution in [3.05, 3.63) is 35.9 Å². The van der Waals surface area contributed by atoms with E-state index in [0.29, 0.717) is 19.3 Å². The monoisotopic (exact) mass is 630 g/mol. The number of primary amides is 1. The summed E-state index contributed by atoms with van der Waals surface area (Å²) in [7, 11) is 0. The van der Waals surface area contributed by atoms with Crippen LogP contribution in [0.5, 0.6) is 0 Å². The van der Waals surface area contributed by atoms with Crippen LogP contribution in [-0.2, 0) is 39.9 Å². The highest BCUT2D eigenvalue weighted by Crippen LogP contribution is 2.21. The number of nitrogens with one attached hydrogen (secondary N) is 2. The fourth-order valence-corrected chi connectivity index (χ4v) is 5.28. The van der Waals surface area contributed by atoms with Gasteiger partial charge in [0.2, 0.25) is 17.7 Å². The molecule has 6 N–H and O–H groups in total. The maximum atomic E-state index is 13.3. The maximum Gasteiger partial charge on any atom is 0.308 e. The average Bonchev–Trinajstić information content (AvgIpc) is 2.97. The van der Waals surface area contributed by atoms with Gasteiger partial charge in [0.25, 0.3) is 0 Å². The third-order valence-electron chi connectivity index (χ3n) is 7.70. The first-order chi connectivity index (χ1) is 21.3. The molecule has 3 amide bonds. The quantitative estimate of drug-likeness (QED) is 0.132. The summed E-state index contributed by atoms with van der Waals surface area (Å²) in [5, 5.41) is 5.22. The van der Waals surface area contributed by atoms with E-state index in [1.807, 2.05) is 51.1 Å². The summed E-state index contributed by atoms with van der Waals surface area (Å²) in [5.74, 6) is -2.78. The third-order valence-corrected chi connectivity index (χ3v) is 7.70. The van der Waals surface area contributed by atoms with Gasteiger partial charge in [0.15, 0.2) is 0 Å². The number of carbonyl (C=O) groups is 5. The molecule has 0 aliphatic heterocycles. The summed E-state index contributed by atoms with van der Waals surface area (Å²) < 4.78 is 10.9. The molecule has 1 fully saturated rings. The predicted octanol–water partition coefficient (Wildman–Crippen LogP) is 3.74. The molecule has 0 spiro atoms. The van der Waals surface area contributed by atoms with E-state index in [9.17, 15) is 24.0 Å². The van der Waals surface area contributed by atoms with E-state index in [1.54, 1.807) is 0 Å². The van der Waals surface area contributed by atoms with Gasteiger partial charge in [-0.3, -0.25) is 24.0 Å². The summed E-state index contributed by atoms with van der Waals surface area (Å²) in [6.45, 7) is 5.55. The average molecular weight is 631 g/mol. The molecular weight excluding hydrogens is 576 g/mol. The van der Waals surface area contributed by atoms with Gasteiger partial charge in [0.1, 0.15) is 23.8 Å². The summed E-state index contributed by atoms with van der Waals surface area (Å²) in [4.78, 5) is 63.1. The van der Waals surface area contributed by atoms with Crippen LogP contribution in [0, 0.1) is 0 Å². The van der Waals surface area contributed by atoms with E-state index in [4.69, 9.17) is 20.9 Å². The second-order valence-electron chi connectivity index (χ2n) is 13.0. The van der Waals surface area contributed by atoms with Crippen LogP contribution >= 0.6 is 0 Å². The molecule has 0 saturated heterocycles. The highest BCUT2D eigenvalue weighted by molar-refractivity contribution is 5.94. The Morgan fingerprint density at radius 1 is 0.822 bits per heavy atom. The zero-order valence-electron chi connectivity index (χ0n) is 27.3. The largest absolute Gasteiger partial charge is 0.462 e. The van der Waals surface area contributed by atoms with Crippen LogP contribution in [0.1, 0.15) is 116 Å². The Balaban J connectivity index is 1.86. The van der Waals surface area contributed by atoms with Crippen LogP contribution in [0.2, 0.25) is 0 Å². The Labute approximate surface area is 267 Å².